The summed E-state index contributed by atoms with van der Waals surface area (Å²) in [7, 11) is 4.25. The second-order valence-corrected chi connectivity index (χ2v) is 11.3. The lowest BCUT2D eigenvalue weighted by molar-refractivity contribution is -0.157. The van der Waals surface area contributed by atoms with E-state index in [1.54, 1.807) is 12.5 Å². The van der Waals surface area contributed by atoms with Gasteiger partial charge < -0.3 is 14.4 Å². The van der Waals surface area contributed by atoms with E-state index >= 15 is 0 Å². The Kier molecular flexibility index (Phi) is 6.38. The Bertz CT molecular complexity index is 673. The fourth-order valence-corrected chi connectivity index (χ4v) is 7.79. The fraction of sp³-hybridized carbons (Fsp3) is 0.885. The second kappa shape index (κ2) is 8.58. The normalized spacial score (nSPS) is 42.9. The van der Waals surface area contributed by atoms with Gasteiger partial charge in [-0.25, -0.2) is 0 Å². The molecule has 3 fully saturated rings. The Hall–Kier alpha value is -0.870. The summed E-state index contributed by atoms with van der Waals surface area (Å²) in [4.78, 5) is 13.9. The smallest absolute Gasteiger partial charge is 0.302 e. The van der Waals surface area contributed by atoms with Gasteiger partial charge in [-0.15, -0.1) is 0 Å². The lowest BCUT2D eigenvalue weighted by atomic mass is 9.47. The van der Waals surface area contributed by atoms with E-state index in [0.29, 0.717) is 11.5 Å². The van der Waals surface area contributed by atoms with E-state index < -0.39 is 0 Å². The number of ether oxygens (including phenoxy) is 2. The van der Waals surface area contributed by atoms with Crippen LogP contribution in [0.25, 0.3) is 0 Å². The van der Waals surface area contributed by atoms with Crippen LogP contribution in [0.4, 0.5) is 0 Å². The molecule has 30 heavy (non-hydrogen) atoms. The molecule has 0 heterocycles. The van der Waals surface area contributed by atoms with Gasteiger partial charge in [0.05, 0.1) is 6.10 Å². The summed E-state index contributed by atoms with van der Waals surface area (Å²) in [5.41, 5.74) is 2.23. The van der Waals surface area contributed by atoms with Crippen molar-refractivity contribution >= 4 is 5.97 Å². The van der Waals surface area contributed by atoms with Gasteiger partial charge in [-0.2, -0.15) is 0 Å². The van der Waals surface area contributed by atoms with E-state index in [0.717, 1.165) is 43.7 Å². The van der Waals surface area contributed by atoms with Gasteiger partial charge in [-0.1, -0.05) is 25.5 Å². The van der Waals surface area contributed by atoms with Crippen molar-refractivity contribution < 1.29 is 14.3 Å². The Morgan fingerprint density at radius 2 is 1.90 bits per heavy atom. The molecule has 7 atom stereocenters. The summed E-state index contributed by atoms with van der Waals surface area (Å²) in [5.74, 6) is 2.21. The van der Waals surface area contributed by atoms with E-state index in [1.165, 1.54) is 44.9 Å². The SMILES string of the molecule is CC(=O)OC1CCC2C3CCC4=CC(OCCCN(C)C)CCC4(C)C3CCC12C. The standard InChI is InChI=1S/C26H43NO3/c1-18(28)30-24-10-9-22-21-8-7-19-17-20(29-16-6-15-27(4)5)11-13-25(19,2)23(21)12-14-26(22,24)3/h17,20-24H,6-16H2,1-5H3. The molecule has 4 nitrogen and oxygen atoms in total. The monoisotopic (exact) mass is 417 g/mol. The molecule has 4 aliphatic rings. The predicted octanol–water partition coefficient (Wildman–Crippen LogP) is 5.22. The quantitative estimate of drug-likeness (QED) is 0.337. The van der Waals surface area contributed by atoms with Crippen molar-refractivity contribution in [1.29, 1.82) is 0 Å². The number of hydrogen-bond acceptors (Lipinski definition) is 4. The third-order valence-corrected chi connectivity index (χ3v) is 9.37. The molecular weight excluding hydrogens is 374 g/mol. The summed E-state index contributed by atoms with van der Waals surface area (Å²) in [6, 6.07) is 0. The number of carbonyl (C=O) groups excluding carboxylic acids is 1. The Balaban J connectivity index is 1.43. The van der Waals surface area contributed by atoms with E-state index in [2.05, 4.69) is 38.9 Å². The van der Waals surface area contributed by atoms with Crippen LogP contribution in [0.2, 0.25) is 0 Å². The largest absolute Gasteiger partial charge is 0.462 e. The zero-order valence-corrected chi connectivity index (χ0v) is 19.9. The first-order chi connectivity index (χ1) is 14.2. The molecule has 4 aliphatic carbocycles. The maximum atomic E-state index is 11.7. The lowest BCUT2D eigenvalue weighted by Crippen LogP contribution is -2.51. The average Bonchev–Trinajstić information content (AvgIpc) is 3.01. The minimum atomic E-state index is -0.103. The Labute approximate surface area is 183 Å². The van der Waals surface area contributed by atoms with Crippen molar-refractivity contribution in [3.05, 3.63) is 11.6 Å². The van der Waals surface area contributed by atoms with Gasteiger partial charge in [0.2, 0.25) is 0 Å². The molecule has 4 rings (SSSR count). The maximum Gasteiger partial charge on any atom is 0.302 e. The molecule has 0 aromatic carbocycles. The number of fused-ring (bicyclic) bond motifs is 5. The number of nitrogens with zero attached hydrogens (tertiary/aromatic N) is 1. The van der Waals surface area contributed by atoms with E-state index in [4.69, 9.17) is 9.47 Å². The van der Waals surface area contributed by atoms with Gasteiger partial charge in [0, 0.05) is 18.9 Å². The molecular formula is C26H43NO3. The molecule has 7 unspecified atom stereocenters. The van der Waals surface area contributed by atoms with Crippen LogP contribution in [0.5, 0.6) is 0 Å². The summed E-state index contributed by atoms with van der Waals surface area (Å²) < 4.78 is 12.0. The zero-order chi connectivity index (χ0) is 21.5. The molecule has 0 saturated heterocycles. The second-order valence-electron chi connectivity index (χ2n) is 11.3. The number of rotatable bonds is 6. The molecule has 0 aromatic heterocycles. The van der Waals surface area contributed by atoms with Crippen molar-refractivity contribution in [2.45, 2.75) is 90.8 Å². The molecule has 4 heteroatoms. The fourth-order valence-electron chi connectivity index (χ4n) is 7.79. The Morgan fingerprint density at radius 3 is 2.63 bits per heavy atom. The Morgan fingerprint density at radius 1 is 1.10 bits per heavy atom. The van der Waals surface area contributed by atoms with Gasteiger partial charge >= 0.3 is 5.97 Å². The van der Waals surface area contributed by atoms with E-state index in [-0.39, 0.29) is 17.5 Å². The molecule has 0 radical (unpaired) electrons. The van der Waals surface area contributed by atoms with Gasteiger partial charge in [-0.3, -0.25) is 4.79 Å². The van der Waals surface area contributed by atoms with Crippen LogP contribution in [0.3, 0.4) is 0 Å². The summed E-state index contributed by atoms with van der Waals surface area (Å²) in [5, 5.41) is 0. The minimum Gasteiger partial charge on any atom is -0.462 e. The van der Waals surface area contributed by atoms with Gasteiger partial charge in [0.25, 0.3) is 0 Å². The van der Waals surface area contributed by atoms with Crippen LogP contribution in [-0.2, 0) is 14.3 Å². The van der Waals surface area contributed by atoms with Crippen molar-refractivity contribution in [2.75, 3.05) is 27.2 Å². The average molecular weight is 418 g/mol. The van der Waals surface area contributed by atoms with Crippen LogP contribution in [-0.4, -0.2) is 50.3 Å². The van der Waals surface area contributed by atoms with E-state index in [1.807, 2.05) is 0 Å². The third kappa shape index (κ3) is 3.99. The zero-order valence-electron chi connectivity index (χ0n) is 19.9. The summed E-state index contributed by atoms with van der Waals surface area (Å²) in [6.45, 7) is 8.51. The number of carbonyl (C=O) groups is 1. The topological polar surface area (TPSA) is 38.8 Å². The molecule has 3 saturated carbocycles. The van der Waals surface area contributed by atoms with Crippen molar-refractivity contribution in [3.8, 4) is 0 Å². The third-order valence-electron chi connectivity index (χ3n) is 9.37. The van der Waals surface area contributed by atoms with Crippen molar-refractivity contribution in [3.63, 3.8) is 0 Å². The predicted molar refractivity (Wildman–Crippen MR) is 120 cm³/mol. The lowest BCUT2D eigenvalue weighted by Gasteiger charge is -2.58. The molecule has 0 bridgehead atoms. The molecule has 0 aliphatic heterocycles. The van der Waals surface area contributed by atoms with Crippen LogP contribution < -0.4 is 0 Å². The summed E-state index contributed by atoms with van der Waals surface area (Å²) in [6.07, 6.45) is 13.9. The van der Waals surface area contributed by atoms with Gasteiger partial charge in [0.1, 0.15) is 6.10 Å². The molecule has 0 aromatic rings. The molecule has 0 spiro atoms. The highest BCUT2D eigenvalue weighted by atomic mass is 16.5. The highest BCUT2D eigenvalue weighted by molar-refractivity contribution is 5.66. The van der Waals surface area contributed by atoms with E-state index in [9.17, 15) is 4.79 Å². The van der Waals surface area contributed by atoms with Crippen molar-refractivity contribution in [1.82, 2.24) is 4.90 Å². The van der Waals surface area contributed by atoms with Crippen LogP contribution in [0, 0.1) is 28.6 Å². The molecule has 0 amide bonds. The maximum absolute atomic E-state index is 11.7. The van der Waals surface area contributed by atoms with Crippen LogP contribution in [0.1, 0.15) is 78.6 Å². The number of allylic oxidation sites excluding steroid dienone is 1. The first kappa shape index (κ1) is 22.3. The molecule has 0 N–H and O–H groups in total. The first-order valence-corrected chi connectivity index (χ1v) is 12.4. The minimum absolute atomic E-state index is 0.103. The highest BCUT2D eigenvalue weighted by Gasteiger charge is 2.59. The van der Waals surface area contributed by atoms with Gasteiger partial charge in [0.15, 0.2) is 0 Å². The van der Waals surface area contributed by atoms with Crippen LogP contribution >= 0.6 is 0 Å². The van der Waals surface area contributed by atoms with Gasteiger partial charge in [-0.05, 0) is 102 Å². The first-order valence-electron chi connectivity index (χ1n) is 12.4. The summed E-state index contributed by atoms with van der Waals surface area (Å²) >= 11 is 0. The van der Waals surface area contributed by atoms with Crippen molar-refractivity contribution in [2.24, 2.45) is 28.6 Å². The highest BCUT2D eigenvalue weighted by Crippen LogP contribution is 2.65. The van der Waals surface area contributed by atoms with Crippen LogP contribution in [0.15, 0.2) is 11.6 Å². The number of esters is 1. The molecule has 170 valence electrons. The number of hydrogen-bond donors (Lipinski definition) is 0.